The van der Waals surface area contributed by atoms with Crippen molar-refractivity contribution in [1.29, 1.82) is 0 Å². The summed E-state index contributed by atoms with van der Waals surface area (Å²) in [6.45, 7) is 0. The van der Waals surface area contributed by atoms with Gasteiger partial charge in [-0.15, -0.1) is 0 Å². The predicted molar refractivity (Wildman–Crippen MR) is 16.1 cm³/mol. The quantitative estimate of drug-likeness (QED) is 0.467. The molecule has 0 aromatic heterocycles. The van der Waals surface area contributed by atoms with Crippen molar-refractivity contribution < 1.29 is 47.1 Å². The summed E-state index contributed by atoms with van der Waals surface area (Å²) in [6, 6.07) is 0. The van der Waals surface area contributed by atoms with Crippen LogP contribution < -0.4 is 0 Å². The topological polar surface area (TPSA) is 0 Å². The van der Waals surface area contributed by atoms with Crippen molar-refractivity contribution in [2.75, 3.05) is 0 Å². The van der Waals surface area contributed by atoms with Crippen LogP contribution >= 0.6 is 13.5 Å². The van der Waals surface area contributed by atoms with Gasteiger partial charge < -0.3 is 0 Å². The van der Waals surface area contributed by atoms with Crippen LogP contribution in [0, 0.1) is 0 Å². The molecule has 0 bridgehead atoms. The molecule has 0 fully saturated rings. The average Bonchev–Trinajstić information content (AvgIpc) is 0. The molecule has 0 aliphatic rings. The monoisotopic (exact) mass is 430 g/mol. The summed E-state index contributed by atoms with van der Waals surface area (Å²) in [4.78, 5) is 0. The second kappa shape index (κ2) is 17.3. The molecule has 0 N–H and O–H groups in total. The summed E-state index contributed by atoms with van der Waals surface area (Å²) >= 11 is 0. The largest absolute Gasteiger partial charge is 0.197 e. The van der Waals surface area contributed by atoms with E-state index < -0.39 is 0 Å². The van der Waals surface area contributed by atoms with E-state index in [-0.39, 0.29) is 84.3 Å². The molecule has 0 aliphatic carbocycles. The minimum Gasteiger partial charge on any atom is -0.197 e. The second-order valence-corrected chi connectivity index (χ2v) is 0. The van der Waals surface area contributed by atoms with Crippen LogP contribution in [0.3, 0.4) is 0 Å². The minimum absolute atomic E-state index is 0. The van der Waals surface area contributed by atoms with Crippen LogP contribution in [0.4, 0.5) is 0 Å². The first-order valence-electron chi connectivity index (χ1n) is 0. The van der Waals surface area contributed by atoms with Gasteiger partial charge in [-0.05, 0) is 0 Å². The Kier molecular flexibility index (Phi) is 129. The molecule has 2 radical (unpaired) electrons. The summed E-state index contributed by atoms with van der Waals surface area (Å²) in [5.41, 5.74) is 0. The molecule has 18 valence electrons. The fraction of sp³-hybridized carbons (Fsp3) is 0. The molecule has 0 nitrogen and oxygen atoms in total. The summed E-state index contributed by atoms with van der Waals surface area (Å²) < 4.78 is 0. The molecular formula is H2HgSTeZn. The molecule has 0 aromatic rings. The van der Waals surface area contributed by atoms with Crippen molar-refractivity contribution in [3.63, 3.8) is 0 Å². The van der Waals surface area contributed by atoms with Gasteiger partial charge in [0.15, 0.2) is 0 Å². The van der Waals surface area contributed by atoms with E-state index in [0.29, 0.717) is 0 Å². The Labute approximate surface area is 82.9 Å². The van der Waals surface area contributed by atoms with Gasteiger partial charge in [0.05, 0.1) is 0 Å². The first kappa shape index (κ1) is 29.9. The van der Waals surface area contributed by atoms with Gasteiger partial charge in [0.1, 0.15) is 0 Å². The molecule has 0 amide bonds. The van der Waals surface area contributed by atoms with Gasteiger partial charge in [0, 0.05) is 70.8 Å². The molecule has 4 heteroatoms. The van der Waals surface area contributed by atoms with E-state index >= 15 is 0 Å². The smallest absolute Gasteiger partial charge is 0 e. The molecule has 0 heterocycles. The SMILES string of the molecule is S.[Hg].[Te].[Zn]. The summed E-state index contributed by atoms with van der Waals surface area (Å²) in [5.74, 6) is 0. The maximum atomic E-state index is 0. The normalized spacial score (nSPS) is 0. The zero-order chi connectivity index (χ0) is 0. The van der Waals surface area contributed by atoms with Crippen LogP contribution in [0.5, 0.6) is 0 Å². The molecule has 0 atom stereocenters. The minimum atomic E-state index is 0. The van der Waals surface area contributed by atoms with Crippen LogP contribution in [0.2, 0.25) is 0 Å². The molecule has 0 aliphatic heterocycles. The van der Waals surface area contributed by atoms with Crippen molar-refractivity contribution >= 4 is 37.2 Å². The predicted octanol–water partition coefficient (Wildman–Crippen LogP) is -0.273. The van der Waals surface area contributed by atoms with Crippen molar-refractivity contribution in [1.82, 2.24) is 0 Å². The number of hydrogen-bond donors (Lipinski definition) is 0. The third-order valence-electron chi connectivity index (χ3n) is 0. The Bertz CT molecular complexity index is 8.00. The zero-order valence-corrected chi connectivity index (χ0v) is 14.1. The summed E-state index contributed by atoms with van der Waals surface area (Å²) in [6.07, 6.45) is 0. The Morgan fingerprint density at radius 3 is 1.00 bits per heavy atom. The van der Waals surface area contributed by atoms with Gasteiger partial charge in [0.25, 0.3) is 0 Å². The summed E-state index contributed by atoms with van der Waals surface area (Å²) in [7, 11) is 0. The molecule has 0 rings (SSSR count). The van der Waals surface area contributed by atoms with Gasteiger partial charge in [-0.3, -0.25) is 0 Å². The van der Waals surface area contributed by atoms with Gasteiger partial charge in [-0.25, -0.2) is 0 Å². The van der Waals surface area contributed by atoms with Crippen LogP contribution in [0.25, 0.3) is 0 Å². The Morgan fingerprint density at radius 2 is 1.00 bits per heavy atom. The van der Waals surface area contributed by atoms with Crippen molar-refractivity contribution in [3.05, 3.63) is 0 Å². The first-order chi connectivity index (χ1) is 0. The fourth-order valence-electron chi connectivity index (χ4n) is 0. The molecular weight excluding hydrogens is 426 g/mol. The van der Waals surface area contributed by atoms with E-state index in [9.17, 15) is 0 Å². The fourth-order valence-corrected chi connectivity index (χ4v) is 0. The molecule has 4 heavy (non-hydrogen) atoms. The van der Waals surface area contributed by atoms with Crippen LogP contribution in [-0.2, 0) is 47.1 Å². The number of rotatable bonds is 0. The van der Waals surface area contributed by atoms with Crippen LogP contribution in [0.15, 0.2) is 0 Å². The van der Waals surface area contributed by atoms with E-state index in [2.05, 4.69) is 0 Å². The molecule has 0 saturated carbocycles. The summed E-state index contributed by atoms with van der Waals surface area (Å²) in [5, 5.41) is 0. The van der Waals surface area contributed by atoms with Gasteiger partial charge in [-0.1, -0.05) is 0 Å². The standard InChI is InChI=1S/Hg.H2S.Te.Zn/h;1H2;;. The maximum Gasteiger partial charge on any atom is 0 e. The second-order valence-electron chi connectivity index (χ2n) is 0. The van der Waals surface area contributed by atoms with Crippen molar-refractivity contribution in [2.24, 2.45) is 0 Å². The van der Waals surface area contributed by atoms with E-state index in [1.54, 1.807) is 0 Å². The van der Waals surface area contributed by atoms with E-state index in [0.717, 1.165) is 0 Å². The zero-order valence-electron chi connectivity index (χ0n) is 2.32. The van der Waals surface area contributed by atoms with Crippen LogP contribution in [-0.4, -0.2) is 23.7 Å². The van der Waals surface area contributed by atoms with Gasteiger partial charge in [-0.2, -0.15) is 13.5 Å². The third-order valence-corrected chi connectivity index (χ3v) is 0. The van der Waals surface area contributed by atoms with Gasteiger partial charge in [0.2, 0.25) is 0 Å². The van der Waals surface area contributed by atoms with Crippen molar-refractivity contribution in [3.8, 4) is 0 Å². The first-order valence-corrected chi connectivity index (χ1v) is 0. The average molecular weight is 428 g/mol. The molecule has 0 saturated heterocycles. The Balaban J connectivity index is 0. The Morgan fingerprint density at radius 1 is 1.00 bits per heavy atom. The van der Waals surface area contributed by atoms with E-state index in [1.807, 2.05) is 0 Å². The number of hydrogen-bond acceptors (Lipinski definition) is 0. The van der Waals surface area contributed by atoms with E-state index in [1.165, 1.54) is 0 Å². The van der Waals surface area contributed by atoms with E-state index in [4.69, 9.17) is 0 Å². The third kappa shape index (κ3) is 8.83. The molecule has 0 unspecified atom stereocenters. The molecule has 0 spiro atoms. The molecule has 0 aromatic carbocycles. The maximum absolute atomic E-state index is 0. The van der Waals surface area contributed by atoms with Crippen LogP contribution in [0.1, 0.15) is 0 Å². The van der Waals surface area contributed by atoms with Gasteiger partial charge >= 0.3 is 0 Å². The Hall–Kier alpha value is 2.70. The van der Waals surface area contributed by atoms with Crippen molar-refractivity contribution in [2.45, 2.75) is 0 Å².